The monoisotopic (exact) mass is 317 g/mol. The van der Waals surface area contributed by atoms with Gasteiger partial charge in [-0.25, -0.2) is 0 Å². The van der Waals surface area contributed by atoms with E-state index in [0.717, 1.165) is 5.56 Å². The molecule has 21 heavy (non-hydrogen) atoms. The summed E-state index contributed by atoms with van der Waals surface area (Å²) in [6, 6.07) is 9.78. The largest absolute Gasteiger partial charge is 0.456 e. The third-order valence-electron chi connectivity index (χ3n) is 2.42. The molecule has 0 bridgehead atoms. The standard InChI is InChI=1S/C14H21NO2.C2H6O.ClH/c1-14(2,3)13(16)17-12(10-15-4)11-8-6-5-7-9-11;1-2-3;/h5-9,12,15H,10H2,1-4H3;3H,2H2,1H3;1H. The molecular formula is C16H28ClNO3. The van der Waals surface area contributed by atoms with Crippen LogP contribution in [0, 0.1) is 5.41 Å². The lowest BCUT2D eigenvalue weighted by molar-refractivity contribution is -0.158. The fourth-order valence-corrected chi connectivity index (χ4v) is 1.39. The molecule has 5 heteroatoms. The van der Waals surface area contributed by atoms with Gasteiger partial charge in [0.1, 0.15) is 6.10 Å². The number of rotatable bonds is 4. The molecule has 122 valence electrons. The topological polar surface area (TPSA) is 58.6 Å². The molecule has 0 aliphatic carbocycles. The van der Waals surface area contributed by atoms with Crippen LogP contribution in [-0.4, -0.2) is 31.3 Å². The van der Waals surface area contributed by atoms with E-state index in [0.29, 0.717) is 6.54 Å². The van der Waals surface area contributed by atoms with Crippen LogP contribution in [0.2, 0.25) is 0 Å². The van der Waals surface area contributed by atoms with E-state index in [-0.39, 0.29) is 31.1 Å². The third kappa shape index (κ3) is 9.45. The van der Waals surface area contributed by atoms with Crippen LogP contribution >= 0.6 is 12.4 Å². The molecular weight excluding hydrogens is 290 g/mol. The van der Waals surface area contributed by atoms with Crippen molar-refractivity contribution < 1.29 is 14.6 Å². The number of carbonyl (C=O) groups excluding carboxylic acids is 1. The zero-order valence-electron chi connectivity index (χ0n) is 13.6. The third-order valence-corrected chi connectivity index (χ3v) is 2.42. The van der Waals surface area contributed by atoms with Crippen molar-refractivity contribution in [1.29, 1.82) is 0 Å². The number of hydrogen-bond donors (Lipinski definition) is 2. The van der Waals surface area contributed by atoms with Gasteiger partial charge in [0.25, 0.3) is 0 Å². The smallest absolute Gasteiger partial charge is 0.311 e. The van der Waals surface area contributed by atoms with E-state index in [4.69, 9.17) is 9.84 Å². The molecule has 0 saturated carbocycles. The van der Waals surface area contributed by atoms with E-state index in [9.17, 15) is 4.79 Å². The molecule has 0 radical (unpaired) electrons. The Hall–Kier alpha value is -1.10. The molecule has 1 unspecified atom stereocenters. The van der Waals surface area contributed by atoms with E-state index < -0.39 is 5.41 Å². The van der Waals surface area contributed by atoms with Crippen LogP contribution in [0.25, 0.3) is 0 Å². The second kappa shape index (κ2) is 11.5. The Bertz CT molecular complexity index is 377. The molecule has 0 aromatic heterocycles. The molecule has 1 aromatic rings. The lowest BCUT2D eigenvalue weighted by Crippen LogP contribution is -2.29. The maximum Gasteiger partial charge on any atom is 0.311 e. The van der Waals surface area contributed by atoms with Crippen molar-refractivity contribution in [3.05, 3.63) is 35.9 Å². The highest BCUT2D eigenvalue weighted by Gasteiger charge is 2.26. The number of hydrogen-bond acceptors (Lipinski definition) is 4. The van der Waals surface area contributed by atoms with Gasteiger partial charge in [0.15, 0.2) is 0 Å². The summed E-state index contributed by atoms with van der Waals surface area (Å²) in [4.78, 5) is 11.9. The number of nitrogens with one attached hydrogen (secondary N) is 1. The summed E-state index contributed by atoms with van der Waals surface area (Å²) in [6.07, 6.45) is -0.229. The minimum absolute atomic E-state index is 0. The van der Waals surface area contributed by atoms with Crippen molar-refractivity contribution in [3.63, 3.8) is 0 Å². The summed E-state index contributed by atoms with van der Waals surface area (Å²) < 4.78 is 5.54. The number of halogens is 1. The first-order valence-electron chi connectivity index (χ1n) is 6.88. The van der Waals surface area contributed by atoms with Crippen LogP contribution in [0.5, 0.6) is 0 Å². The summed E-state index contributed by atoms with van der Waals surface area (Å²) in [6.45, 7) is 8.12. The number of esters is 1. The van der Waals surface area contributed by atoms with Crippen molar-refractivity contribution in [1.82, 2.24) is 5.32 Å². The van der Waals surface area contributed by atoms with Crippen molar-refractivity contribution in [2.24, 2.45) is 5.41 Å². The quantitative estimate of drug-likeness (QED) is 0.838. The lowest BCUT2D eigenvalue weighted by atomic mass is 9.97. The number of benzene rings is 1. The highest BCUT2D eigenvalue weighted by molar-refractivity contribution is 5.85. The number of ether oxygens (including phenoxy) is 1. The Balaban J connectivity index is 0. The summed E-state index contributed by atoms with van der Waals surface area (Å²) >= 11 is 0. The van der Waals surface area contributed by atoms with E-state index >= 15 is 0 Å². The van der Waals surface area contributed by atoms with Crippen LogP contribution in [0.4, 0.5) is 0 Å². The molecule has 0 aliphatic heterocycles. The van der Waals surface area contributed by atoms with Gasteiger partial charge in [0, 0.05) is 13.2 Å². The second-order valence-electron chi connectivity index (χ2n) is 5.43. The average molecular weight is 318 g/mol. The summed E-state index contributed by atoms with van der Waals surface area (Å²) in [5.74, 6) is -0.179. The van der Waals surface area contributed by atoms with Gasteiger partial charge < -0.3 is 15.2 Å². The minimum Gasteiger partial charge on any atom is -0.456 e. The fourth-order valence-electron chi connectivity index (χ4n) is 1.39. The highest BCUT2D eigenvalue weighted by Crippen LogP contribution is 2.22. The molecule has 0 heterocycles. The first-order chi connectivity index (χ1) is 9.36. The van der Waals surface area contributed by atoms with Crippen molar-refractivity contribution in [2.45, 2.75) is 33.8 Å². The normalized spacial score (nSPS) is 11.5. The molecule has 4 nitrogen and oxygen atoms in total. The molecule has 0 aliphatic rings. The zero-order valence-corrected chi connectivity index (χ0v) is 14.4. The van der Waals surface area contributed by atoms with E-state index in [1.807, 2.05) is 58.2 Å². The Labute approximate surface area is 134 Å². The average Bonchev–Trinajstić information content (AvgIpc) is 2.39. The van der Waals surface area contributed by atoms with Gasteiger partial charge in [-0.3, -0.25) is 4.79 Å². The Morgan fingerprint density at radius 2 is 1.76 bits per heavy atom. The first kappa shape index (κ1) is 22.2. The Kier molecular flexibility index (Phi) is 12.2. The molecule has 0 fully saturated rings. The van der Waals surface area contributed by atoms with Crippen LogP contribution in [0.15, 0.2) is 30.3 Å². The fraction of sp³-hybridized carbons (Fsp3) is 0.562. The number of carbonyl (C=O) groups is 1. The Morgan fingerprint density at radius 1 is 1.29 bits per heavy atom. The van der Waals surface area contributed by atoms with Crippen molar-refractivity contribution in [3.8, 4) is 0 Å². The van der Waals surface area contributed by atoms with Gasteiger partial charge in [0.2, 0.25) is 0 Å². The lowest BCUT2D eigenvalue weighted by Gasteiger charge is -2.23. The predicted octanol–water partition coefficient (Wildman–Crippen LogP) is 2.96. The summed E-state index contributed by atoms with van der Waals surface area (Å²) in [7, 11) is 1.85. The van der Waals surface area contributed by atoms with Crippen molar-refractivity contribution >= 4 is 18.4 Å². The molecule has 2 N–H and O–H groups in total. The van der Waals surface area contributed by atoms with Gasteiger partial charge in [-0.05, 0) is 40.3 Å². The molecule has 1 aromatic carbocycles. The maximum atomic E-state index is 11.9. The second-order valence-corrected chi connectivity index (χ2v) is 5.43. The van der Waals surface area contributed by atoms with Gasteiger partial charge in [-0.15, -0.1) is 12.4 Å². The molecule has 0 amide bonds. The van der Waals surface area contributed by atoms with Crippen molar-refractivity contribution in [2.75, 3.05) is 20.2 Å². The Morgan fingerprint density at radius 3 is 2.14 bits per heavy atom. The summed E-state index contributed by atoms with van der Waals surface area (Å²) in [5, 5.41) is 10.6. The molecule has 0 saturated heterocycles. The van der Waals surface area contributed by atoms with Gasteiger partial charge >= 0.3 is 5.97 Å². The number of aliphatic hydroxyl groups is 1. The number of likely N-dealkylation sites (N-methyl/N-ethyl adjacent to an activating group) is 1. The first-order valence-corrected chi connectivity index (χ1v) is 6.88. The van der Waals surface area contributed by atoms with Crippen LogP contribution in [0.1, 0.15) is 39.4 Å². The van der Waals surface area contributed by atoms with E-state index in [1.54, 1.807) is 6.92 Å². The van der Waals surface area contributed by atoms with E-state index in [1.165, 1.54) is 0 Å². The van der Waals surface area contributed by atoms with Gasteiger partial charge in [-0.1, -0.05) is 30.3 Å². The maximum absolute atomic E-state index is 11.9. The van der Waals surface area contributed by atoms with Crippen LogP contribution < -0.4 is 5.32 Å². The highest BCUT2D eigenvalue weighted by atomic mass is 35.5. The van der Waals surface area contributed by atoms with Gasteiger partial charge in [-0.2, -0.15) is 0 Å². The van der Waals surface area contributed by atoms with Gasteiger partial charge in [0.05, 0.1) is 5.41 Å². The van der Waals surface area contributed by atoms with E-state index in [2.05, 4.69) is 5.32 Å². The zero-order chi connectivity index (χ0) is 15.6. The summed E-state index contributed by atoms with van der Waals surface area (Å²) in [5.41, 5.74) is 0.542. The molecule has 1 rings (SSSR count). The predicted molar refractivity (Wildman–Crippen MR) is 88.7 cm³/mol. The molecule has 1 atom stereocenters. The minimum atomic E-state index is -0.471. The SMILES string of the molecule is CCO.CNCC(OC(=O)C(C)(C)C)c1ccccc1.Cl. The van der Waals surface area contributed by atoms with Crippen LogP contribution in [0.3, 0.4) is 0 Å². The molecule has 0 spiro atoms. The number of aliphatic hydroxyl groups excluding tert-OH is 1. The van der Waals surface area contributed by atoms with Crippen LogP contribution in [-0.2, 0) is 9.53 Å².